The summed E-state index contributed by atoms with van der Waals surface area (Å²) in [5.74, 6) is 0. The Labute approximate surface area is 143 Å². The summed E-state index contributed by atoms with van der Waals surface area (Å²) in [6, 6.07) is 0. The minimum atomic E-state index is 0.515. The fraction of sp³-hybridized carbons (Fsp3) is 0.818. The molecule has 0 aliphatic rings. The summed E-state index contributed by atoms with van der Waals surface area (Å²) in [5, 5.41) is 0. The molecular formula is C22H46. The quantitative estimate of drug-likeness (QED) is 0.431. The highest BCUT2D eigenvalue weighted by molar-refractivity contribution is 4.79. The van der Waals surface area contributed by atoms with E-state index in [0.29, 0.717) is 10.8 Å². The van der Waals surface area contributed by atoms with Crippen LogP contribution in [0.3, 0.4) is 0 Å². The highest BCUT2D eigenvalue weighted by Crippen LogP contribution is 2.37. The van der Waals surface area contributed by atoms with Crippen molar-refractivity contribution in [2.45, 2.75) is 108 Å². The lowest BCUT2D eigenvalue weighted by Crippen LogP contribution is -2.18. The van der Waals surface area contributed by atoms with Gasteiger partial charge in [-0.25, -0.2) is 0 Å². The van der Waals surface area contributed by atoms with Crippen LogP contribution < -0.4 is 0 Å². The maximum atomic E-state index is 3.56. The van der Waals surface area contributed by atoms with Crippen LogP contribution in [0, 0.1) is 10.8 Å². The molecule has 0 saturated carbocycles. The molecule has 0 rings (SSSR count). The van der Waals surface area contributed by atoms with E-state index in [1.54, 1.807) is 0 Å². The minimum absolute atomic E-state index is 0.515. The molecule has 0 aliphatic heterocycles. The Bertz CT molecular complexity index is 243. The maximum absolute atomic E-state index is 3.56. The van der Waals surface area contributed by atoms with Crippen molar-refractivity contribution >= 4 is 0 Å². The van der Waals surface area contributed by atoms with E-state index in [0.717, 1.165) is 0 Å². The summed E-state index contributed by atoms with van der Waals surface area (Å²) in [6.45, 7) is 29.1. The molecule has 0 atom stereocenters. The van der Waals surface area contributed by atoms with Gasteiger partial charge in [0.2, 0.25) is 0 Å². The average Bonchev–Trinajstić information content (AvgIpc) is 2.32. The molecule has 0 amide bonds. The van der Waals surface area contributed by atoms with Crippen molar-refractivity contribution in [3.05, 3.63) is 24.3 Å². The third kappa shape index (κ3) is 24.5. The van der Waals surface area contributed by atoms with E-state index in [1.165, 1.54) is 49.7 Å². The normalized spacial score (nSPS) is 10.8. The van der Waals surface area contributed by atoms with Gasteiger partial charge in [-0.1, -0.05) is 78.4 Å². The molecule has 0 heterocycles. The Hall–Kier alpha value is -0.520. The van der Waals surface area contributed by atoms with Crippen molar-refractivity contribution in [2.75, 3.05) is 0 Å². The molecule has 0 aromatic heterocycles. The van der Waals surface area contributed by atoms with Crippen molar-refractivity contribution in [2.24, 2.45) is 10.8 Å². The van der Waals surface area contributed by atoms with E-state index in [1.807, 2.05) is 27.7 Å². The molecule has 0 bridgehead atoms. The van der Waals surface area contributed by atoms with Crippen LogP contribution in [-0.4, -0.2) is 0 Å². The minimum Gasteiger partial charge on any atom is -0.100 e. The smallest absolute Gasteiger partial charge is 0.0305 e. The summed E-state index contributed by atoms with van der Waals surface area (Å²) in [7, 11) is 0. The number of hydrogen-bond acceptors (Lipinski definition) is 0. The Morgan fingerprint density at radius 3 is 1.14 bits per heavy atom. The van der Waals surface area contributed by atoms with Crippen molar-refractivity contribution in [3.63, 3.8) is 0 Å². The lowest BCUT2D eigenvalue weighted by Gasteiger charge is -2.31. The molecule has 0 fully saturated rings. The van der Waals surface area contributed by atoms with Crippen LogP contribution in [0.5, 0.6) is 0 Å². The number of rotatable bonds is 6. The van der Waals surface area contributed by atoms with E-state index in [4.69, 9.17) is 0 Å². The standard InChI is InChI=1S/C14H30.2C4H8/c1-7-14(8-2,9-3)12-10-11-13(4,5)6;2*1-4(2)3/h7-12H2,1-6H3;2*1H2,2-3H3. The van der Waals surface area contributed by atoms with E-state index in [9.17, 15) is 0 Å². The topological polar surface area (TPSA) is 0 Å². The molecule has 0 unspecified atom stereocenters. The monoisotopic (exact) mass is 310 g/mol. The van der Waals surface area contributed by atoms with Gasteiger partial charge in [0.1, 0.15) is 0 Å². The third-order valence-corrected chi connectivity index (χ3v) is 3.88. The zero-order valence-corrected chi connectivity index (χ0v) is 17.7. The zero-order chi connectivity index (χ0) is 18.4. The highest BCUT2D eigenvalue weighted by Gasteiger charge is 2.23. The second kappa shape index (κ2) is 14.1. The molecule has 0 nitrogen and oxygen atoms in total. The van der Waals surface area contributed by atoms with Crippen molar-refractivity contribution in [3.8, 4) is 0 Å². The first kappa shape index (κ1) is 26.4. The SMILES string of the molecule is C=C(C)C.C=C(C)C.CCC(CC)(CC)CCCC(C)(C)C. The molecule has 0 aromatic carbocycles. The summed E-state index contributed by atoms with van der Waals surface area (Å²) < 4.78 is 0. The molecule has 0 spiro atoms. The Morgan fingerprint density at radius 2 is 0.955 bits per heavy atom. The lowest BCUT2D eigenvalue weighted by atomic mass is 9.74. The van der Waals surface area contributed by atoms with E-state index in [2.05, 4.69) is 54.7 Å². The van der Waals surface area contributed by atoms with Gasteiger partial charge in [-0.05, 0) is 51.4 Å². The first-order valence-electron chi connectivity index (χ1n) is 9.10. The number of hydrogen-bond donors (Lipinski definition) is 0. The number of allylic oxidation sites excluding steroid dienone is 2. The molecule has 0 N–H and O–H groups in total. The summed E-state index contributed by atoms with van der Waals surface area (Å²) in [5.41, 5.74) is 3.49. The fourth-order valence-electron chi connectivity index (χ4n) is 2.27. The molecule has 0 radical (unpaired) electrons. The van der Waals surface area contributed by atoms with Crippen LogP contribution in [0.2, 0.25) is 0 Å². The van der Waals surface area contributed by atoms with Crippen LogP contribution >= 0.6 is 0 Å². The highest BCUT2D eigenvalue weighted by atomic mass is 14.3. The molecule has 134 valence electrons. The van der Waals surface area contributed by atoms with E-state index >= 15 is 0 Å². The Kier molecular flexibility index (Phi) is 16.9. The molecule has 0 heteroatoms. The zero-order valence-electron chi connectivity index (χ0n) is 17.7. The first-order chi connectivity index (χ1) is 9.85. The Morgan fingerprint density at radius 1 is 0.682 bits per heavy atom. The molecular weight excluding hydrogens is 264 g/mol. The van der Waals surface area contributed by atoms with Crippen LogP contribution in [0.25, 0.3) is 0 Å². The predicted octanol–water partition coefficient (Wildman–Crippen LogP) is 8.58. The van der Waals surface area contributed by atoms with Gasteiger partial charge in [0.15, 0.2) is 0 Å². The van der Waals surface area contributed by atoms with Gasteiger partial charge in [-0.3, -0.25) is 0 Å². The van der Waals surface area contributed by atoms with Crippen LogP contribution in [-0.2, 0) is 0 Å². The fourth-order valence-corrected chi connectivity index (χ4v) is 2.27. The molecule has 0 saturated heterocycles. The third-order valence-electron chi connectivity index (χ3n) is 3.88. The second-order valence-corrected chi connectivity index (χ2v) is 8.39. The average molecular weight is 311 g/mol. The lowest BCUT2D eigenvalue weighted by molar-refractivity contribution is 0.206. The molecule has 0 aromatic rings. The maximum Gasteiger partial charge on any atom is -0.0305 e. The van der Waals surface area contributed by atoms with Gasteiger partial charge in [0.05, 0.1) is 0 Å². The summed E-state index contributed by atoms with van der Waals surface area (Å²) >= 11 is 0. The first-order valence-corrected chi connectivity index (χ1v) is 9.10. The van der Waals surface area contributed by atoms with Crippen molar-refractivity contribution in [1.29, 1.82) is 0 Å². The molecule has 0 aliphatic carbocycles. The van der Waals surface area contributed by atoms with E-state index < -0.39 is 0 Å². The predicted molar refractivity (Wildman–Crippen MR) is 108 cm³/mol. The second-order valence-electron chi connectivity index (χ2n) is 8.39. The van der Waals surface area contributed by atoms with Crippen molar-refractivity contribution in [1.82, 2.24) is 0 Å². The van der Waals surface area contributed by atoms with Gasteiger partial charge in [-0.15, -0.1) is 13.2 Å². The largest absolute Gasteiger partial charge is 0.100 e. The van der Waals surface area contributed by atoms with Crippen molar-refractivity contribution < 1.29 is 0 Å². The van der Waals surface area contributed by atoms with Gasteiger partial charge >= 0.3 is 0 Å². The van der Waals surface area contributed by atoms with Gasteiger partial charge in [0.25, 0.3) is 0 Å². The van der Waals surface area contributed by atoms with Crippen LogP contribution in [0.4, 0.5) is 0 Å². The van der Waals surface area contributed by atoms with Gasteiger partial charge < -0.3 is 0 Å². The Balaban J connectivity index is -0.000000372. The molecule has 22 heavy (non-hydrogen) atoms. The van der Waals surface area contributed by atoms with Crippen LogP contribution in [0.15, 0.2) is 24.3 Å². The van der Waals surface area contributed by atoms with Gasteiger partial charge in [-0.2, -0.15) is 0 Å². The summed E-state index contributed by atoms with van der Waals surface area (Å²) in [6.07, 6.45) is 8.25. The van der Waals surface area contributed by atoms with E-state index in [-0.39, 0.29) is 0 Å². The van der Waals surface area contributed by atoms with Gasteiger partial charge in [0, 0.05) is 0 Å². The van der Waals surface area contributed by atoms with Crippen LogP contribution in [0.1, 0.15) is 108 Å². The summed E-state index contributed by atoms with van der Waals surface area (Å²) in [4.78, 5) is 0.